The number of hydrogen-bond acceptors (Lipinski definition) is 3. The Balaban J connectivity index is 4.53. The monoisotopic (exact) mass is 231 g/mol. The zero-order valence-electron chi connectivity index (χ0n) is 7.18. The molecule has 0 unspecified atom stereocenters. The van der Waals surface area contributed by atoms with Crippen molar-refractivity contribution in [1.82, 2.24) is 4.72 Å². The van der Waals surface area contributed by atoms with Crippen LogP contribution in [0.25, 0.3) is 0 Å². The summed E-state index contributed by atoms with van der Waals surface area (Å²) in [5, 5.41) is 0. The maximum absolute atomic E-state index is 11.6. The molecule has 0 aromatic heterocycles. The third-order valence-corrected chi connectivity index (χ3v) is 2.19. The maximum Gasteiger partial charge on any atom is 0.404 e. The van der Waals surface area contributed by atoms with Crippen LogP contribution in [0.3, 0.4) is 0 Å². The zero-order valence-corrected chi connectivity index (χ0v) is 8.00. The van der Waals surface area contributed by atoms with Crippen LogP contribution < -0.4 is 4.72 Å². The van der Waals surface area contributed by atoms with Crippen molar-refractivity contribution in [2.24, 2.45) is 0 Å². The van der Waals surface area contributed by atoms with E-state index >= 15 is 0 Å². The molecule has 0 saturated heterocycles. The van der Waals surface area contributed by atoms with Crippen molar-refractivity contribution in [3.05, 3.63) is 12.2 Å². The minimum Gasteiger partial charge on any atom is -0.269 e. The molecule has 0 fully saturated rings. The normalized spacial score (nSPS) is 12.3. The smallest absolute Gasteiger partial charge is 0.269 e. The van der Waals surface area contributed by atoms with Gasteiger partial charge in [0, 0.05) is 5.57 Å². The number of carbonyl (C=O) groups excluding carboxylic acids is 1. The molecule has 0 aliphatic heterocycles. The molecule has 0 aliphatic rings. The molecule has 0 saturated carbocycles. The van der Waals surface area contributed by atoms with Gasteiger partial charge < -0.3 is 0 Å². The second-order valence-electron chi connectivity index (χ2n) is 2.59. The van der Waals surface area contributed by atoms with E-state index in [0.717, 1.165) is 0 Å². The van der Waals surface area contributed by atoms with Gasteiger partial charge in [0.25, 0.3) is 5.91 Å². The van der Waals surface area contributed by atoms with Gasteiger partial charge in [-0.25, -0.2) is 13.1 Å². The number of carbonyl (C=O) groups is 1. The highest BCUT2D eigenvalue weighted by atomic mass is 32.2. The molecule has 0 bridgehead atoms. The Labute approximate surface area is 78.8 Å². The van der Waals surface area contributed by atoms with Crippen molar-refractivity contribution >= 4 is 15.9 Å². The van der Waals surface area contributed by atoms with Crippen LogP contribution in [0.2, 0.25) is 0 Å². The molecular formula is C6H8F3NO3S. The Hall–Kier alpha value is -1.05. The van der Waals surface area contributed by atoms with E-state index < -0.39 is 27.9 Å². The van der Waals surface area contributed by atoms with Crippen LogP contribution in [0.4, 0.5) is 13.2 Å². The third-order valence-electron chi connectivity index (χ3n) is 0.990. The molecule has 0 heterocycles. The van der Waals surface area contributed by atoms with Gasteiger partial charge in [-0.1, -0.05) is 6.58 Å². The van der Waals surface area contributed by atoms with Gasteiger partial charge in [-0.3, -0.25) is 4.79 Å². The summed E-state index contributed by atoms with van der Waals surface area (Å²) >= 11 is 0. The Morgan fingerprint density at radius 1 is 1.43 bits per heavy atom. The number of halogens is 3. The number of sulfonamides is 1. The van der Waals surface area contributed by atoms with E-state index in [9.17, 15) is 26.4 Å². The molecule has 1 amide bonds. The summed E-state index contributed by atoms with van der Waals surface area (Å²) in [4.78, 5) is 10.7. The first-order valence-corrected chi connectivity index (χ1v) is 4.96. The topological polar surface area (TPSA) is 63.2 Å². The summed E-state index contributed by atoms with van der Waals surface area (Å²) in [5.41, 5.74) is -0.184. The van der Waals surface area contributed by atoms with Crippen molar-refractivity contribution in [2.45, 2.75) is 13.1 Å². The number of hydrogen-bond donors (Lipinski definition) is 1. The first-order chi connectivity index (χ1) is 6.03. The quantitative estimate of drug-likeness (QED) is 0.722. The SMILES string of the molecule is C=C(C)C(=O)NS(=O)(=O)CC(F)(F)F. The lowest BCUT2D eigenvalue weighted by atomic mass is 10.3. The largest absolute Gasteiger partial charge is 0.404 e. The Bertz CT molecular complexity index is 344. The van der Waals surface area contributed by atoms with E-state index in [1.165, 1.54) is 11.6 Å². The predicted molar refractivity (Wildman–Crippen MR) is 42.8 cm³/mol. The average molecular weight is 231 g/mol. The summed E-state index contributed by atoms with van der Waals surface area (Å²) in [6, 6.07) is 0. The first-order valence-electron chi connectivity index (χ1n) is 3.30. The van der Waals surface area contributed by atoms with Gasteiger partial charge >= 0.3 is 6.18 Å². The van der Waals surface area contributed by atoms with Crippen LogP contribution in [0.5, 0.6) is 0 Å². The second kappa shape index (κ2) is 3.99. The molecule has 0 aliphatic carbocycles. The lowest BCUT2D eigenvalue weighted by Gasteiger charge is -2.08. The van der Waals surface area contributed by atoms with Crippen LogP contribution in [-0.4, -0.2) is 26.3 Å². The molecule has 0 rings (SSSR count). The number of nitrogens with one attached hydrogen (secondary N) is 1. The number of amides is 1. The molecule has 0 spiro atoms. The third kappa shape index (κ3) is 5.57. The van der Waals surface area contributed by atoms with Crippen molar-refractivity contribution in [3.8, 4) is 0 Å². The predicted octanol–water partition coefficient (Wildman–Crippen LogP) is 0.571. The zero-order chi connectivity index (χ0) is 11.6. The van der Waals surface area contributed by atoms with Gasteiger partial charge in [-0.15, -0.1) is 0 Å². The van der Waals surface area contributed by atoms with Crippen LogP contribution in [0, 0.1) is 0 Å². The van der Waals surface area contributed by atoms with E-state index in [1.54, 1.807) is 0 Å². The fraction of sp³-hybridized carbons (Fsp3) is 0.500. The maximum atomic E-state index is 11.6. The number of alkyl halides is 3. The van der Waals surface area contributed by atoms with Crippen molar-refractivity contribution in [1.29, 1.82) is 0 Å². The summed E-state index contributed by atoms with van der Waals surface area (Å²) in [7, 11) is -4.67. The van der Waals surface area contributed by atoms with Gasteiger partial charge in [0.15, 0.2) is 5.75 Å². The summed E-state index contributed by atoms with van der Waals surface area (Å²) < 4.78 is 57.5. The molecular weight excluding hydrogens is 223 g/mol. The minimum atomic E-state index is -4.87. The van der Waals surface area contributed by atoms with E-state index in [2.05, 4.69) is 6.58 Å². The standard InChI is InChI=1S/C6H8F3NO3S/c1-4(2)5(11)10-14(12,13)3-6(7,8)9/h1,3H2,2H3,(H,10,11). The molecule has 0 atom stereocenters. The van der Waals surface area contributed by atoms with Crippen molar-refractivity contribution < 1.29 is 26.4 Å². The number of rotatable bonds is 3. The second-order valence-corrected chi connectivity index (χ2v) is 4.31. The van der Waals surface area contributed by atoms with Crippen LogP contribution in [0.15, 0.2) is 12.2 Å². The van der Waals surface area contributed by atoms with E-state index in [1.807, 2.05) is 0 Å². The highest BCUT2D eigenvalue weighted by molar-refractivity contribution is 7.90. The van der Waals surface area contributed by atoms with Crippen molar-refractivity contribution in [2.75, 3.05) is 5.75 Å². The minimum absolute atomic E-state index is 0.184. The van der Waals surface area contributed by atoms with Gasteiger partial charge in [0.05, 0.1) is 0 Å². The van der Waals surface area contributed by atoms with Gasteiger partial charge in [0.1, 0.15) is 0 Å². The molecule has 0 radical (unpaired) electrons. The molecule has 8 heteroatoms. The van der Waals surface area contributed by atoms with Crippen molar-refractivity contribution in [3.63, 3.8) is 0 Å². The molecule has 14 heavy (non-hydrogen) atoms. The summed E-state index contributed by atoms with van der Waals surface area (Å²) in [6.45, 7) is 4.26. The molecule has 1 N–H and O–H groups in total. The summed E-state index contributed by atoms with van der Waals surface area (Å²) in [6.07, 6.45) is -4.87. The highest BCUT2D eigenvalue weighted by Gasteiger charge is 2.35. The van der Waals surface area contributed by atoms with Gasteiger partial charge in [-0.2, -0.15) is 13.2 Å². The summed E-state index contributed by atoms with van der Waals surface area (Å²) in [5.74, 6) is -3.23. The first kappa shape index (κ1) is 12.9. The Kier molecular flexibility index (Phi) is 3.69. The van der Waals surface area contributed by atoms with E-state index in [-0.39, 0.29) is 5.57 Å². The van der Waals surface area contributed by atoms with Gasteiger partial charge in [-0.05, 0) is 6.92 Å². The molecule has 0 aromatic carbocycles. The van der Waals surface area contributed by atoms with Gasteiger partial charge in [0.2, 0.25) is 10.0 Å². The lowest BCUT2D eigenvalue weighted by Crippen LogP contribution is -2.37. The fourth-order valence-corrected chi connectivity index (χ4v) is 1.44. The molecule has 0 aromatic rings. The molecule has 82 valence electrons. The van der Waals surface area contributed by atoms with Crippen LogP contribution in [-0.2, 0) is 14.8 Å². The Morgan fingerprint density at radius 2 is 1.86 bits per heavy atom. The van der Waals surface area contributed by atoms with Crippen LogP contribution in [0.1, 0.15) is 6.92 Å². The fourth-order valence-electron chi connectivity index (χ4n) is 0.480. The van der Waals surface area contributed by atoms with E-state index in [0.29, 0.717) is 0 Å². The molecule has 4 nitrogen and oxygen atoms in total. The van der Waals surface area contributed by atoms with E-state index in [4.69, 9.17) is 0 Å². The lowest BCUT2D eigenvalue weighted by molar-refractivity contribution is -0.115. The van der Waals surface area contributed by atoms with Crippen LogP contribution >= 0.6 is 0 Å². The Morgan fingerprint density at radius 3 is 2.14 bits per heavy atom. The highest BCUT2D eigenvalue weighted by Crippen LogP contribution is 2.16. The average Bonchev–Trinajstić information content (AvgIpc) is 1.78.